The third kappa shape index (κ3) is 3.09. The van der Waals surface area contributed by atoms with Crippen molar-refractivity contribution in [3.05, 3.63) is 12.0 Å². The summed E-state index contributed by atoms with van der Waals surface area (Å²) in [6.45, 7) is 5.04. The van der Waals surface area contributed by atoms with Crippen LogP contribution in [-0.4, -0.2) is 37.6 Å². The van der Waals surface area contributed by atoms with Crippen LogP contribution in [0.25, 0.3) is 0 Å². The number of H-pyrrole nitrogens is 1. The van der Waals surface area contributed by atoms with Gasteiger partial charge in [0, 0.05) is 19.3 Å². The van der Waals surface area contributed by atoms with Crippen molar-refractivity contribution in [3.63, 3.8) is 0 Å². The summed E-state index contributed by atoms with van der Waals surface area (Å²) < 4.78 is 32.1. The fraction of sp³-hybridized carbons (Fsp3) is 0.727. The first kappa shape index (κ1) is 13.5. The van der Waals surface area contributed by atoms with Crippen molar-refractivity contribution in [2.75, 3.05) is 13.2 Å². The molecular weight excluding hydrogens is 254 g/mol. The summed E-state index contributed by atoms with van der Waals surface area (Å²) in [5.74, 6) is 0.923. The minimum Gasteiger partial charge on any atom is -0.381 e. The van der Waals surface area contributed by atoms with Crippen LogP contribution in [0, 0.1) is 12.8 Å². The molecule has 1 aromatic rings. The van der Waals surface area contributed by atoms with Crippen molar-refractivity contribution in [1.82, 2.24) is 14.7 Å². The van der Waals surface area contributed by atoms with Crippen LogP contribution in [0.4, 0.5) is 0 Å². The van der Waals surface area contributed by atoms with E-state index in [1.165, 1.54) is 6.20 Å². The molecule has 0 amide bonds. The first-order valence-electron chi connectivity index (χ1n) is 6.11. The quantitative estimate of drug-likeness (QED) is 0.850. The zero-order chi connectivity index (χ0) is 13.2. The zero-order valence-electron chi connectivity index (χ0n) is 10.6. The van der Waals surface area contributed by atoms with Gasteiger partial charge in [-0.15, -0.1) is 0 Å². The van der Waals surface area contributed by atoms with Crippen LogP contribution in [-0.2, 0) is 14.8 Å². The van der Waals surface area contributed by atoms with Gasteiger partial charge in [-0.1, -0.05) is 0 Å². The summed E-state index contributed by atoms with van der Waals surface area (Å²) in [6, 6.07) is -0.0949. The zero-order valence-corrected chi connectivity index (χ0v) is 11.5. The number of imidazole rings is 1. The Morgan fingerprint density at radius 3 is 2.72 bits per heavy atom. The van der Waals surface area contributed by atoms with E-state index in [1.54, 1.807) is 6.92 Å². The monoisotopic (exact) mass is 273 g/mol. The molecule has 1 fully saturated rings. The van der Waals surface area contributed by atoms with E-state index >= 15 is 0 Å². The van der Waals surface area contributed by atoms with Crippen LogP contribution >= 0.6 is 0 Å². The number of rotatable bonds is 4. The number of sulfonamides is 1. The summed E-state index contributed by atoms with van der Waals surface area (Å²) >= 11 is 0. The molecule has 6 nitrogen and oxygen atoms in total. The number of ether oxygens (including phenoxy) is 1. The second-order valence-electron chi connectivity index (χ2n) is 4.69. The first-order chi connectivity index (χ1) is 8.49. The Morgan fingerprint density at radius 1 is 1.50 bits per heavy atom. The Bertz CT molecular complexity index is 491. The van der Waals surface area contributed by atoms with Crippen molar-refractivity contribution in [3.8, 4) is 0 Å². The van der Waals surface area contributed by atoms with Gasteiger partial charge in [-0.25, -0.2) is 18.1 Å². The van der Waals surface area contributed by atoms with E-state index < -0.39 is 10.0 Å². The molecule has 1 aliphatic rings. The molecule has 18 heavy (non-hydrogen) atoms. The minimum absolute atomic E-state index is 0.0949. The second-order valence-corrected chi connectivity index (χ2v) is 6.38. The van der Waals surface area contributed by atoms with Crippen molar-refractivity contribution in [1.29, 1.82) is 0 Å². The number of nitrogens with zero attached hydrogens (tertiary/aromatic N) is 1. The molecule has 1 atom stereocenters. The maximum atomic E-state index is 12.1. The number of nitrogens with one attached hydrogen (secondary N) is 2. The molecule has 2 N–H and O–H groups in total. The highest BCUT2D eigenvalue weighted by Gasteiger charge is 2.26. The highest BCUT2D eigenvalue weighted by Crippen LogP contribution is 2.20. The Balaban J connectivity index is 2.03. The van der Waals surface area contributed by atoms with E-state index in [-0.39, 0.29) is 11.1 Å². The Kier molecular flexibility index (Phi) is 4.04. The molecule has 1 unspecified atom stereocenters. The van der Waals surface area contributed by atoms with Gasteiger partial charge >= 0.3 is 0 Å². The number of aromatic nitrogens is 2. The maximum Gasteiger partial charge on any atom is 0.257 e. The molecule has 1 saturated heterocycles. The van der Waals surface area contributed by atoms with E-state index in [1.807, 2.05) is 6.92 Å². The van der Waals surface area contributed by atoms with Crippen LogP contribution in [0.2, 0.25) is 0 Å². The predicted octanol–water partition coefficient (Wildman–Crippen LogP) is 0.812. The molecule has 0 aliphatic carbocycles. The number of hydrogen-bond acceptors (Lipinski definition) is 4. The lowest BCUT2D eigenvalue weighted by molar-refractivity contribution is 0.0585. The standard InChI is InChI=1S/C11H19N3O3S/c1-8(10-3-5-17-6-4-10)14-18(15,16)11-7-12-9(2)13-11/h7-8,10,14H,3-6H2,1-2H3,(H,12,13). The van der Waals surface area contributed by atoms with Gasteiger partial charge in [-0.05, 0) is 32.6 Å². The van der Waals surface area contributed by atoms with Crippen LogP contribution < -0.4 is 4.72 Å². The molecule has 1 aliphatic heterocycles. The number of hydrogen-bond donors (Lipinski definition) is 2. The molecule has 102 valence electrons. The molecule has 0 spiro atoms. The smallest absolute Gasteiger partial charge is 0.257 e. The molecule has 1 aromatic heterocycles. The molecular formula is C11H19N3O3S. The SMILES string of the molecule is Cc1ncc(S(=O)(=O)NC(C)C2CCOCC2)[nH]1. The lowest BCUT2D eigenvalue weighted by Gasteiger charge is -2.27. The van der Waals surface area contributed by atoms with Crippen LogP contribution in [0.5, 0.6) is 0 Å². The summed E-state index contributed by atoms with van der Waals surface area (Å²) in [4.78, 5) is 6.65. The van der Waals surface area contributed by atoms with Gasteiger partial charge < -0.3 is 9.72 Å². The van der Waals surface area contributed by atoms with Gasteiger partial charge in [0.05, 0.1) is 6.20 Å². The lowest BCUT2D eigenvalue weighted by Crippen LogP contribution is -2.40. The van der Waals surface area contributed by atoms with E-state index in [4.69, 9.17) is 4.74 Å². The fourth-order valence-electron chi connectivity index (χ4n) is 2.16. The molecule has 2 heterocycles. The normalized spacial score (nSPS) is 19.9. The average Bonchev–Trinajstić information content (AvgIpc) is 2.77. The summed E-state index contributed by atoms with van der Waals surface area (Å²) in [7, 11) is -3.50. The summed E-state index contributed by atoms with van der Waals surface area (Å²) in [6.07, 6.45) is 3.13. The lowest BCUT2D eigenvalue weighted by atomic mass is 9.94. The van der Waals surface area contributed by atoms with Crippen LogP contribution in [0.1, 0.15) is 25.6 Å². The van der Waals surface area contributed by atoms with Gasteiger partial charge in [0.15, 0.2) is 5.03 Å². The van der Waals surface area contributed by atoms with E-state index in [0.29, 0.717) is 25.0 Å². The van der Waals surface area contributed by atoms with Crippen molar-refractivity contribution in [2.45, 2.75) is 37.8 Å². The average molecular weight is 273 g/mol. The Hall–Kier alpha value is -0.920. The van der Waals surface area contributed by atoms with Gasteiger partial charge in [-0.3, -0.25) is 0 Å². The van der Waals surface area contributed by atoms with Gasteiger partial charge in [0.25, 0.3) is 10.0 Å². The second kappa shape index (κ2) is 5.38. The molecule has 2 rings (SSSR count). The maximum absolute atomic E-state index is 12.1. The first-order valence-corrected chi connectivity index (χ1v) is 7.59. The molecule has 0 saturated carbocycles. The Labute approximate surface area is 107 Å². The summed E-state index contributed by atoms with van der Waals surface area (Å²) in [5, 5.41) is 0.124. The van der Waals surface area contributed by atoms with Gasteiger partial charge in [-0.2, -0.15) is 0 Å². The highest BCUT2D eigenvalue weighted by atomic mass is 32.2. The van der Waals surface area contributed by atoms with E-state index in [2.05, 4.69) is 14.7 Å². The largest absolute Gasteiger partial charge is 0.381 e. The Morgan fingerprint density at radius 2 is 2.17 bits per heavy atom. The third-order valence-electron chi connectivity index (χ3n) is 3.28. The van der Waals surface area contributed by atoms with Crippen molar-refractivity contribution < 1.29 is 13.2 Å². The molecule has 0 aromatic carbocycles. The molecule has 0 radical (unpaired) electrons. The van der Waals surface area contributed by atoms with E-state index in [0.717, 1.165) is 12.8 Å². The van der Waals surface area contributed by atoms with Crippen LogP contribution in [0.15, 0.2) is 11.2 Å². The molecule has 7 heteroatoms. The third-order valence-corrected chi connectivity index (χ3v) is 4.75. The van der Waals surface area contributed by atoms with Crippen molar-refractivity contribution in [2.24, 2.45) is 5.92 Å². The highest BCUT2D eigenvalue weighted by molar-refractivity contribution is 7.89. The number of aryl methyl sites for hydroxylation is 1. The number of aromatic amines is 1. The summed E-state index contributed by atoms with van der Waals surface area (Å²) in [5.41, 5.74) is 0. The van der Waals surface area contributed by atoms with Gasteiger partial charge in [0.1, 0.15) is 5.82 Å². The van der Waals surface area contributed by atoms with Gasteiger partial charge in [0.2, 0.25) is 0 Å². The predicted molar refractivity (Wildman–Crippen MR) is 66.7 cm³/mol. The topological polar surface area (TPSA) is 84.1 Å². The minimum atomic E-state index is -3.50. The van der Waals surface area contributed by atoms with Crippen LogP contribution in [0.3, 0.4) is 0 Å². The molecule has 0 bridgehead atoms. The van der Waals surface area contributed by atoms with Crippen molar-refractivity contribution >= 4 is 10.0 Å². The fourth-order valence-corrected chi connectivity index (χ4v) is 3.44. The van der Waals surface area contributed by atoms with E-state index in [9.17, 15) is 8.42 Å².